The summed E-state index contributed by atoms with van der Waals surface area (Å²) in [5, 5.41) is 0. The second-order valence-corrected chi connectivity index (χ2v) is 7.73. The molecule has 26 heavy (non-hydrogen) atoms. The van der Waals surface area contributed by atoms with Crippen LogP contribution in [-0.4, -0.2) is 14.2 Å². The first kappa shape index (κ1) is 17.9. The van der Waals surface area contributed by atoms with Crippen LogP contribution in [0.4, 0.5) is 5.69 Å². The number of benzene rings is 3. The van der Waals surface area contributed by atoms with Crippen molar-refractivity contribution in [2.24, 2.45) is 0 Å². The summed E-state index contributed by atoms with van der Waals surface area (Å²) in [4.78, 5) is 12.8. The number of carbonyl (C=O) groups is 1. The molecule has 3 aromatic rings. The number of anilines is 1. The zero-order chi connectivity index (χ0) is 18.6. The van der Waals surface area contributed by atoms with Crippen molar-refractivity contribution < 1.29 is 13.2 Å². The van der Waals surface area contributed by atoms with E-state index >= 15 is 0 Å². The molecule has 0 bridgehead atoms. The fraction of sp³-hybridized carbons (Fsp3) is 0.0952. The van der Waals surface area contributed by atoms with Crippen molar-refractivity contribution in [3.63, 3.8) is 0 Å². The van der Waals surface area contributed by atoms with E-state index in [1.54, 1.807) is 48.5 Å². The Bertz CT molecular complexity index is 1010. The summed E-state index contributed by atoms with van der Waals surface area (Å²) in [6.07, 6.45) is 0.212. The number of nitrogens with one attached hydrogen (secondary N) is 1. The molecular weight excluding hydrogens is 346 g/mol. The third-order valence-electron chi connectivity index (χ3n) is 4.01. The van der Waals surface area contributed by atoms with Gasteiger partial charge in [0, 0.05) is 12.0 Å². The number of rotatable bonds is 6. The maximum Gasteiger partial charge on any atom is 0.261 e. The van der Waals surface area contributed by atoms with Gasteiger partial charge in [0.05, 0.1) is 10.6 Å². The smallest absolute Gasteiger partial charge is 0.261 e. The van der Waals surface area contributed by atoms with Gasteiger partial charge in [0.15, 0.2) is 5.78 Å². The van der Waals surface area contributed by atoms with Crippen LogP contribution in [-0.2, 0) is 16.4 Å². The fourth-order valence-corrected chi connectivity index (χ4v) is 3.69. The summed E-state index contributed by atoms with van der Waals surface area (Å²) >= 11 is 0. The van der Waals surface area contributed by atoms with Crippen LogP contribution in [0, 0.1) is 6.92 Å². The molecule has 1 N–H and O–H groups in total. The lowest BCUT2D eigenvalue weighted by Gasteiger charge is -2.12. The Morgan fingerprint density at radius 1 is 0.846 bits per heavy atom. The van der Waals surface area contributed by atoms with Crippen LogP contribution < -0.4 is 4.72 Å². The van der Waals surface area contributed by atoms with E-state index in [0.717, 1.165) is 11.1 Å². The molecule has 0 aliphatic rings. The molecule has 0 unspecified atom stereocenters. The predicted octanol–water partition coefficient (Wildman–Crippen LogP) is 4.22. The normalized spacial score (nSPS) is 11.1. The van der Waals surface area contributed by atoms with E-state index in [1.807, 2.05) is 37.3 Å². The Balaban J connectivity index is 1.87. The van der Waals surface area contributed by atoms with Crippen LogP contribution in [0.2, 0.25) is 0 Å². The first-order chi connectivity index (χ1) is 12.5. The monoisotopic (exact) mass is 365 g/mol. The SMILES string of the molecule is Cc1ccc(S(=O)(=O)Nc2ccccc2C(=O)Cc2ccccc2)cc1. The van der Waals surface area contributed by atoms with E-state index in [-0.39, 0.29) is 22.8 Å². The highest BCUT2D eigenvalue weighted by Crippen LogP contribution is 2.22. The van der Waals surface area contributed by atoms with Crippen LogP contribution in [0.1, 0.15) is 21.5 Å². The number of aryl methyl sites for hydroxylation is 1. The predicted molar refractivity (Wildman–Crippen MR) is 103 cm³/mol. The number of carbonyl (C=O) groups excluding carboxylic acids is 1. The zero-order valence-electron chi connectivity index (χ0n) is 14.3. The molecular formula is C21H19NO3S. The van der Waals surface area contributed by atoms with Crippen LogP contribution >= 0.6 is 0 Å². The minimum absolute atomic E-state index is 0.140. The topological polar surface area (TPSA) is 63.2 Å². The number of hydrogen-bond donors (Lipinski definition) is 1. The molecule has 0 heterocycles. The van der Waals surface area contributed by atoms with Gasteiger partial charge in [0.1, 0.15) is 0 Å². The van der Waals surface area contributed by atoms with Crippen LogP contribution in [0.25, 0.3) is 0 Å². The fourth-order valence-electron chi connectivity index (χ4n) is 2.61. The van der Waals surface area contributed by atoms with E-state index in [1.165, 1.54) is 0 Å². The van der Waals surface area contributed by atoms with Gasteiger partial charge in [-0.3, -0.25) is 9.52 Å². The average molecular weight is 365 g/mol. The molecule has 5 heteroatoms. The molecule has 3 rings (SSSR count). The lowest BCUT2D eigenvalue weighted by molar-refractivity contribution is 0.0994. The van der Waals surface area contributed by atoms with Gasteiger partial charge in [-0.1, -0.05) is 60.2 Å². The Hall–Kier alpha value is -2.92. The summed E-state index contributed by atoms with van der Waals surface area (Å²) in [5.41, 5.74) is 2.50. The minimum Gasteiger partial charge on any atom is -0.294 e. The third kappa shape index (κ3) is 4.18. The molecule has 0 saturated carbocycles. The van der Waals surface area contributed by atoms with E-state index in [9.17, 15) is 13.2 Å². The van der Waals surface area contributed by atoms with Gasteiger partial charge in [-0.15, -0.1) is 0 Å². The van der Waals surface area contributed by atoms with Crippen molar-refractivity contribution in [1.29, 1.82) is 0 Å². The summed E-state index contributed by atoms with van der Waals surface area (Å²) in [7, 11) is -3.76. The molecule has 0 aliphatic carbocycles. The third-order valence-corrected chi connectivity index (χ3v) is 5.39. The maximum absolute atomic E-state index is 12.7. The van der Waals surface area contributed by atoms with Gasteiger partial charge in [0.25, 0.3) is 10.0 Å². The largest absolute Gasteiger partial charge is 0.294 e. The van der Waals surface area contributed by atoms with E-state index < -0.39 is 10.0 Å². The first-order valence-electron chi connectivity index (χ1n) is 8.21. The standard InChI is InChI=1S/C21H19NO3S/c1-16-11-13-18(14-12-16)26(24,25)22-20-10-6-5-9-19(20)21(23)15-17-7-3-2-4-8-17/h2-14,22H,15H2,1H3. The van der Waals surface area contributed by atoms with E-state index in [2.05, 4.69) is 4.72 Å². The van der Waals surface area contributed by atoms with Crippen LogP contribution in [0.15, 0.2) is 83.8 Å². The second kappa shape index (κ2) is 7.54. The van der Waals surface area contributed by atoms with Gasteiger partial charge < -0.3 is 0 Å². The van der Waals surface area contributed by atoms with Crippen molar-refractivity contribution in [3.8, 4) is 0 Å². The minimum atomic E-state index is -3.76. The zero-order valence-corrected chi connectivity index (χ0v) is 15.2. The first-order valence-corrected chi connectivity index (χ1v) is 9.70. The Morgan fingerprint density at radius 3 is 2.15 bits per heavy atom. The number of Topliss-reactive ketones (excluding diaryl/α,β-unsaturated/α-hetero) is 1. The molecule has 0 amide bonds. The molecule has 0 atom stereocenters. The summed E-state index contributed by atoms with van der Waals surface area (Å²) in [6.45, 7) is 1.89. The quantitative estimate of drug-likeness (QED) is 0.665. The Labute approximate surface area is 153 Å². The Morgan fingerprint density at radius 2 is 1.46 bits per heavy atom. The molecule has 0 aromatic heterocycles. The van der Waals surface area contributed by atoms with Crippen molar-refractivity contribution in [2.75, 3.05) is 4.72 Å². The lowest BCUT2D eigenvalue weighted by Crippen LogP contribution is -2.16. The number of ketones is 1. The van der Waals surface area contributed by atoms with Gasteiger partial charge in [0.2, 0.25) is 0 Å². The van der Waals surface area contributed by atoms with E-state index in [0.29, 0.717) is 5.56 Å². The van der Waals surface area contributed by atoms with Crippen LogP contribution in [0.3, 0.4) is 0 Å². The average Bonchev–Trinajstić information content (AvgIpc) is 2.63. The van der Waals surface area contributed by atoms with Crippen LogP contribution in [0.5, 0.6) is 0 Å². The Kier molecular flexibility index (Phi) is 5.19. The molecule has 0 aliphatic heterocycles. The number of hydrogen-bond acceptors (Lipinski definition) is 3. The molecule has 0 saturated heterocycles. The molecule has 4 nitrogen and oxygen atoms in total. The van der Waals surface area contributed by atoms with Gasteiger partial charge >= 0.3 is 0 Å². The number of sulfonamides is 1. The molecule has 0 radical (unpaired) electrons. The van der Waals surface area contributed by atoms with Gasteiger partial charge in [-0.2, -0.15) is 0 Å². The summed E-state index contributed by atoms with van der Waals surface area (Å²) in [5.74, 6) is -0.140. The van der Waals surface area contributed by atoms with E-state index in [4.69, 9.17) is 0 Å². The van der Waals surface area contributed by atoms with Crippen molar-refractivity contribution >= 4 is 21.5 Å². The summed E-state index contributed by atoms with van der Waals surface area (Å²) in [6, 6.07) is 22.6. The molecule has 132 valence electrons. The van der Waals surface area contributed by atoms with Gasteiger partial charge in [-0.05, 0) is 36.8 Å². The van der Waals surface area contributed by atoms with Crippen molar-refractivity contribution in [3.05, 3.63) is 95.6 Å². The molecule has 3 aromatic carbocycles. The molecule has 0 fully saturated rings. The maximum atomic E-state index is 12.7. The number of para-hydroxylation sites is 1. The van der Waals surface area contributed by atoms with Gasteiger partial charge in [-0.25, -0.2) is 8.42 Å². The second-order valence-electron chi connectivity index (χ2n) is 6.05. The highest BCUT2D eigenvalue weighted by molar-refractivity contribution is 7.92. The van der Waals surface area contributed by atoms with Crippen molar-refractivity contribution in [1.82, 2.24) is 0 Å². The molecule has 0 spiro atoms. The highest BCUT2D eigenvalue weighted by atomic mass is 32.2. The van der Waals surface area contributed by atoms with Crippen molar-refractivity contribution in [2.45, 2.75) is 18.2 Å². The summed E-state index contributed by atoms with van der Waals surface area (Å²) < 4.78 is 27.8. The lowest BCUT2D eigenvalue weighted by atomic mass is 10.0. The highest BCUT2D eigenvalue weighted by Gasteiger charge is 2.18.